The van der Waals surface area contributed by atoms with Gasteiger partial charge in [0.2, 0.25) is 0 Å². The van der Waals surface area contributed by atoms with Crippen LogP contribution < -0.4 is 5.73 Å². The van der Waals surface area contributed by atoms with Crippen molar-refractivity contribution in [2.24, 2.45) is 0 Å². The number of rotatable bonds is 4. The first-order chi connectivity index (χ1) is 5.34. The summed E-state index contributed by atoms with van der Waals surface area (Å²) in [6.45, 7) is 0. The molecule has 0 saturated heterocycles. The van der Waals surface area contributed by atoms with E-state index in [0.717, 1.165) is 12.1 Å². The SMILES string of the molecule is CSCCCc1sccc1N. The second-order valence-electron chi connectivity index (χ2n) is 2.40. The predicted molar refractivity (Wildman–Crippen MR) is 55.4 cm³/mol. The zero-order chi connectivity index (χ0) is 8.10. The molecule has 1 aromatic heterocycles. The van der Waals surface area contributed by atoms with Gasteiger partial charge in [0.15, 0.2) is 0 Å². The van der Waals surface area contributed by atoms with Crippen LogP contribution in [0.25, 0.3) is 0 Å². The molecule has 1 aromatic rings. The number of nitrogen functional groups attached to an aromatic ring is 1. The lowest BCUT2D eigenvalue weighted by atomic mass is 10.2. The van der Waals surface area contributed by atoms with E-state index in [1.54, 1.807) is 11.3 Å². The minimum Gasteiger partial charge on any atom is -0.398 e. The second kappa shape index (κ2) is 4.67. The summed E-state index contributed by atoms with van der Waals surface area (Å²) in [5, 5.41) is 2.06. The Kier molecular flexibility index (Phi) is 3.80. The molecule has 0 aromatic carbocycles. The quantitative estimate of drug-likeness (QED) is 0.733. The van der Waals surface area contributed by atoms with Gasteiger partial charge in [0.05, 0.1) is 0 Å². The van der Waals surface area contributed by atoms with Gasteiger partial charge in [0.25, 0.3) is 0 Å². The highest BCUT2D eigenvalue weighted by Gasteiger charge is 1.98. The van der Waals surface area contributed by atoms with Gasteiger partial charge >= 0.3 is 0 Å². The molecule has 0 amide bonds. The summed E-state index contributed by atoms with van der Waals surface area (Å²) in [4.78, 5) is 1.35. The average Bonchev–Trinajstić information content (AvgIpc) is 2.37. The molecule has 2 N–H and O–H groups in total. The fourth-order valence-electron chi connectivity index (χ4n) is 0.931. The molecule has 0 aliphatic heterocycles. The van der Waals surface area contributed by atoms with Crippen molar-refractivity contribution in [3.8, 4) is 0 Å². The molecule has 0 unspecified atom stereocenters. The van der Waals surface area contributed by atoms with Crippen LogP contribution in [0, 0.1) is 0 Å². The Bertz CT molecular complexity index is 208. The molecule has 0 radical (unpaired) electrons. The first-order valence-electron chi connectivity index (χ1n) is 3.65. The fourth-order valence-corrected chi connectivity index (χ4v) is 2.21. The summed E-state index contributed by atoms with van der Waals surface area (Å²) in [5.74, 6) is 1.23. The molecule has 0 fully saturated rings. The van der Waals surface area contributed by atoms with Crippen molar-refractivity contribution in [3.05, 3.63) is 16.3 Å². The van der Waals surface area contributed by atoms with E-state index in [4.69, 9.17) is 5.73 Å². The Balaban J connectivity index is 2.32. The van der Waals surface area contributed by atoms with Gasteiger partial charge in [-0.15, -0.1) is 11.3 Å². The van der Waals surface area contributed by atoms with Crippen LogP contribution in [-0.4, -0.2) is 12.0 Å². The normalized spacial score (nSPS) is 10.3. The first kappa shape index (κ1) is 8.94. The van der Waals surface area contributed by atoms with Crippen LogP contribution in [0.15, 0.2) is 11.4 Å². The summed E-state index contributed by atoms with van der Waals surface area (Å²) in [6, 6.07) is 1.99. The van der Waals surface area contributed by atoms with Crippen LogP contribution in [0.4, 0.5) is 5.69 Å². The zero-order valence-electron chi connectivity index (χ0n) is 6.67. The van der Waals surface area contributed by atoms with Gasteiger partial charge in [-0.05, 0) is 36.3 Å². The molecule has 3 heteroatoms. The molecule has 0 aliphatic carbocycles. The van der Waals surface area contributed by atoms with Gasteiger partial charge < -0.3 is 5.73 Å². The third-order valence-electron chi connectivity index (χ3n) is 1.53. The molecule has 0 aliphatic rings. The standard InChI is InChI=1S/C8H13NS2/c1-10-5-2-3-8-7(9)4-6-11-8/h4,6H,2-3,5,9H2,1H3. The smallest absolute Gasteiger partial charge is 0.0455 e. The molecule has 0 bridgehead atoms. The third-order valence-corrected chi connectivity index (χ3v) is 3.23. The second-order valence-corrected chi connectivity index (χ2v) is 4.38. The highest BCUT2D eigenvalue weighted by atomic mass is 32.2. The van der Waals surface area contributed by atoms with Gasteiger partial charge in [-0.3, -0.25) is 0 Å². The van der Waals surface area contributed by atoms with Gasteiger partial charge in [0.1, 0.15) is 0 Å². The van der Waals surface area contributed by atoms with E-state index in [1.165, 1.54) is 17.1 Å². The first-order valence-corrected chi connectivity index (χ1v) is 5.92. The maximum atomic E-state index is 5.73. The summed E-state index contributed by atoms with van der Waals surface area (Å²) < 4.78 is 0. The van der Waals surface area contributed by atoms with Crippen LogP contribution in [0.3, 0.4) is 0 Å². The lowest BCUT2D eigenvalue weighted by Gasteiger charge is -1.97. The van der Waals surface area contributed by atoms with Gasteiger partial charge in [0, 0.05) is 10.6 Å². The largest absolute Gasteiger partial charge is 0.398 e. The van der Waals surface area contributed by atoms with Gasteiger partial charge in [-0.2, -0.15) is 11.8 Å². The summed E-state index contributed by atoms with van der Waals surface area (Å²) in [7, 11) is 0. The molecule has 1 rings (SSSR count). The zero-order valence-corrected chi connectivity index (χ0v) is 8.30. The maximum Gasteiger partial charge on any atom is 0.0455 e. The highest BCUT2D eigenvalue weighted by Crippen LogP contribution is 2.20. The summed E-state index contributed by atoms with van der Waals surface area (Å²) >= 11 is 3.66. The molecule has 1 heterocycles. The Morgan fingerprint density at radius 3 is 3.00 bits per heavy atom. The Hall–Kier alpha value is -0.150. The minimum absolute atomic E-state index is 0.969. The molecule has 0 atom stereocenters. The number of hydrogen-bond donors (Lipinski definition) is 1. The predicted octanol–water partition coefficient (Wildman–Crippen LogP) is 2.63. The van der Waals surface area contributed by atoms with Crippen LogP contribution in [0.2, 0.25) is 0 Å². The molecule has 11 heavy (non-hydrogen) atoms. The summed E-state index contributed by atoms with van der Waals surface area (Å²) in [5.41, 5.74) is 6.70. The van der Waals surface area contributed by atoms with Crippen molar-refractivity contribution >= 4 is 28.8 Å². The van der Waals surface area contributed by atoms with Gasteiger partial charge in [-0.25, -0.2) is 0 Å². The van der Waals surface area contributed by atoms with E-state index in [2.05, 4.69) is 11.6 Å². The van der Waals surface area contributed by atoms with E-state index in [1.807, 2.05) is 17.8 Å². The maximum absolute atomic E-state index is 5.73. The van der Waals surface area contributed by atoms with E-state index in [-0.39, 0.29) is 0 Å². The Labute approximate surface area is 76.0 Å². The van der Waals surface area contributed by atoms with Crippen molar-refractivity contribution in [3.63, 3.8) is 0 Å². The average molecular weight is 187 g/mol. The molecular formula is C8H13NS2. The molecule has 62 valence electrons. The van der Waals surface area contributed by atoms with E-state index in [9.17, 15) is 0 Å². The lowest BCUT2D eigenvalue weighted by Crippen LogP contribution is -1.89. The Morgan fingerprint density at radius 2 is 2.45 bits per heavy atom. The van der Waals surface area contributed by atoms with Gasteiger partial charge in [-0.1, -0.05) is 0 Å². The number of aryl methyl sites for hydroxylation is 1. The molecule has 0 saturated carbocycles. The number of thioether (sulfide) groups is 1. The fraction of sp³-hybridized carbons (Fsp3) is 0.500. The summed E-state index contributed by atoms with van der Waals surface area (Å²) in [6.07, 6.45) is 4.52. The highest BCUT2D eigenvalue weighted by molar-refractivity contribution is 7.98. The number of hydrogen-bond acceptors (Lipinski definition) is 3. The lowest BCUT2D eigenvalue weighted by molar-refractivity contribution is 0.955. The number of thiophene rings is 1. The van der Waals surface area contributed by atoms with Crippen LogP contribution in [0.1, 0.15) is 11.3 Å². The van der Waals surface area contributed by atoms with Crippen molar-refractivity contribution in [2.45, 2.75) is 12.8 Å². The Morgan fingerprint density at radius 1 is 1.64 bits per heavy atom. The minimum atomic E-state index is 0.969. The van der Waals surface area contributed by atoms with Crippen molar-refractivity contribution in [1.29, 1.82) is 0 Å². The number of nitrogens with two attached hydrogens (primary N) is 1. The topological polar surface area (TPSA) is 26.0 Å². The van der Waals surface area contributed by atoms with E-state index >= 15 is 0 Å². The third kappa shape index (κ3) is 2.75. The van der Waals surface area contributed by atoms with E-state index < -0.39 is 0 Å². The van der Waals surface area contributed by atoms with Crippen molar-refractivity contribution in [2.75, 3.05) is 17.7 Å². The molecule has 0 spiro atoms. The van der Waals surface area contributed by atoms with Crippen molar-refractivity contribution < 1.29 is 0 Å². The van der Waals surface area contributed by atoms with Crippen LogP contribution in [-0.2, 0) is 6.42 Å². The van der Waals surface area contributed by atoms with E-state index in [0.29, 0.717) is 0 Å². The van der Waals surface area contributed by atoms with Crippen LogP contribution >= 0.6 is 23.1 Å². The van der Waals surface area contributed by atoms with Crippen LogP contribution in [0.5, 0.6) is 0 Å². The molecular weight excluding hydrogens is 174 g/mol. The van der Waals surface area contributed by atoms with Crippen molar-refractivity contribution in [1.82, 2.24) is 0 Å². The monoisotopic (exact) mass is 187 g/mol. The number of anilines is 1. The molecule has 1 nitrogen and oxygen atoms in total.